The molecule has 0 aliphatic carbocycles. The van der Waals surface area contributed by atoms with Crippen molar-refractivity contribution in [1.82, 2.24) is 14.8 Å². The van der Waals surface area contributed by atoms with E-state index < -0.39 is 0 Å². The molecule has 0 aliphatic rings. The number of aromatic nitrogens is 3. The van der Waals surface area contributed by atoms with Crippen LogP contribution >= 0.6 is 0 Å². The van der Waals surface area contributed by atoms with E-state index in [1.807, 2.05) is 13.0 Å². The summed E-state index contributed by atoms with van der Waals surface area (Å²) in [5.41, 5.74) is 2.32. The van der Waals surface area contributed by atoms with E-state index in [2.05, 4.69) is 15.4 Å². The summed E-state index contributed by atoms with van der Waals surface area (Å²) in [6, 6.07) is 3.59. The topological polar surface area (TPSA) is 59.8 Å². The van der Waals surface area contributed by atoms with Gasteiger partial charge in [-0.05, 0) is 24.1 Å². The fourth-order valence-electron chi connectivity index (χ4n) is 1.54. The summed E-state index contributed by atoms with van der Waals surface area (Å²) in [5.74, 6) is -0.181. The third kappa shape index (κ3) is 2.50. The van der Waals surface area contributed by atoms with Crippen molar-refractivity contribution in [2.24, 2.45) is 7.05 Å². The van der Waals surface area contributed by atoms with Crippen molar-refractivity contribution < 1.29 is 4.79 Å². The Morgan fingerprint density at radius 1 is 1.47 bits per heavy atom. The average molecular weight is 230 g/mol. The molecule has 0 radical (unpaired) electrons. The molecular weight excluding hydrogens is 216 g/mol. The first kappa shape index (κ1) is 11.3. The van der Waals surface area contributed by atoms with Gasteiger partial charge in [0.1, 0.15) is 5.69 Å². The number of aryl methyl sites for hydroxylation is 2. The molecule has 0 unspecified atom stereocenters. The molecule has 2 aromatic rings. The van der Waals surface area contributed by atoms with Crippen LogP contribution in [-0.4, -0.2) is 20.7 Å². The highest BCUT2D eigenvalue weighted by molar-refractivity contribution is 6.02. The van der Waals surface area contributed by atoms with Crippen molar-refractivity contribution in [3.63, 3.8) is 0 Å². The van der Waals surface area contributed by atoms with Gasteiger partial charge in [-0.2, -0.15) is 5.10 Å². The Morgan fingerprint density at radius 2 is 2.29 bits per heavy atom. The molecule has 0 spiro atoms. The molecule has 0 aromatic carbocycles. The van der Waals surface area contributed by atoms with E-state index in [0.29, 0.717) is 11.4 Å². The Labute approximate surface area is 99.5 Å². The lowest BCUT2D eigenvalue weighted by Crippen LogP contribution is -2.16. The molecule has 2 rings (SSSR count). The van der Waals surface area contributed by atoms with Crippen LogP contribution in [0.2, 0.25) is 0 Å². The molecule has 0 saturated heterocycles. The monoisotopic (exact) mass is 230 g/mol. The second kappa shape index (κ2) is 4.78. The van der Waals surface area contributed by atoms with Crippen molar-refractivity contribution in [3.8, 4) is 0 Å². The number of rotatable bonds is 3. The van der Waals surface area contributed by atoms with Gasteiger partial charge in [0.25, 0.3) is 5.91 Å². The Bertz CT molecular complexity index is 533. The van der Waals surface area contributed by atoms with Crippen LogP contribution in [0.25, 0.3) is 0 Å². The molecule has 0 fully saturated rings. The van der Waals surface area contributed by atoms with Crippen molar-refractivity contribution in [2.75, 3.05) is 5.32 Å². The van der Waals surface area contributed by atoms with Crippen LogP contribution < -0.4 is 5.32 Å². The lowest BCUT2D eigenvalue weighted by molar-refractivity contribution is 0.101. The Morgan fingerprint density at radius 3 is 2.94 bits per heavy atom. The summed E-state index contributed by atoms with van der Waals surface area (Å²) in [6.45, 7) is 2.05. The summed E-state index contributed by atoms with van der Waals surface area (Å²) in [4.78, 5) is 16.0. The molecule has 5 heteroatoms. The van der Waals surface area contributed by atoms with Gasteiger partial charge >= 0.3 is 0 Å². The van der Waals surface area contributed by atoms with Crippen LogP contribution in [0.4, 0.5) is 5.69 Å². The van der Waals surface area contributed by atoms with Crippen LogP contribution in [0.5, 0.6) is 0 Å². The summed E-state index contributed by atoms with van der Waals surface area (Å²) in [5, 5.41) is 6.75. The molecule has 0 aliphatic heterocycles. The third-order valence-electron chi connectivity index (χ3n) is 2.51. The van der Waals surface area contributed by atoms with Crippen molar-refractivity contribution in [1.29, 1.82) is 0 Å². The summed E-state index contributed by atoms with van der Waals surface area (Å²) in [6.07, 6.45) is 5.91. The first-order valence-corrected chi connectivity index (χ1v) is 5.44. The standard InChI is InChI=1S/C12H14N4O/c1-3-9-6-10(8-13-7-9)15-12(17)11-4-5-14-16(11)2/h4-8H,3H2,1-2H3,(H,15,17). The second-order valence-electron chi connectivity index (χ2n) is 3.73. The fourth-order valence-corrected chi connectivity index (χ4v) is 1.54. The summed E-state index contributed by atoms with van der Waals surface area (Å²) < 4.78 is 1.53. The molecule has 0 bridgehead atoms. The van der Waals surface area contributed by atoms with Crippen LogP contribution in [0.15, 0.2) is 30.7 Å². The summed E-state index contributed by atoms with van der Waals surface area (Å²) in [7, 11) is 1.73. The van der Waals surface area contributed by atoms with Crippen LogP contribution in [0, 0.1) is 0 Å². The van der Waals surface area contributed by atoms with Crippen molar-refractivity contribution >= 4 is 11.6 Å². The van der Waals surface area contributed by atoms with Gasteiger partial charge in [0.2, 0.25) is 0 Å². The van der Waals surface area contributed by atoms with Crippen molar-refractivity contribution in [3.05, 3.63) is 42.0 Å². The van der Waals surface area contributed by atoms with Gasteiger partial charge in [-0.1, -0.05) is 6.92 Å². The van der Waals surface area contributed by atoms with Gasteiger partial charge in [0.15, 0.2) is 0 Å². The van der Waals surface area contributed by atoms with Gasteiger partial charge in [0.05, 0.1) is 11.9 Å². The quantitative estimate of drug-likeness (QED) is 0.871. The largest absolute Gasteiger partial charge is 0.319 e. The number of carbonyl (C=O) groups excluding carboxylic acids is 1. The molecule has 1 N–H and O–H groups in total. The molecule has 17 heavy (non-hydrogen) atoms. The molecule has 0 atom stereocenters. The van der Waals surface area contributed by atoms with Gasteiger partial charge in [-0.3, -0.25) is 14.5 Å². The predicted octanol–water partition coefficient (Wildman–Crippen LogP) is 1.63. The highest BCUT2D eigenvalue weighted by Gasteiger charge is 2.10. The molecule has 0 saturated carbocycles. The Hall–Kier alpha value is -2.17. The van der Waals surface area contributed by atoms with E-state index in [0.717, 1.165) is 12.0 Å². The zero-order valence-corrected chi connectivity index (χ0v) is 9.84. The average Bonchev–Trinajstić information content (AvgIpc) is 2.76. The van der Waals surface area contributed by atoms with Gasteiger partial charge in [0, 0.05) is 19.4 Å². The van der Waals surface area contributed by atoms with E-state index in [-0.39, 0.29) is 5.91 Å². The molecule has 2 heterocycles. The van der Waals surface area contributed by atoms with Crippen LogP contribution in [-0.2, 0) is 13.5 Å². The van der Waals surface area contributed by atoms with Gasteiger partial charge in [-0.15, -0.1) is 0 Å². The Balaban J connectivity index is 2.16. The van der Waals surface area contributed by atoms with E-state index in [1.54, 1.807) is 31.7 Å². The second-order valence-corrected chi connectivity index (χ2v) is 3.73. The lowest BCUT2D eigenvalue weighted by atomic mass is 10.2. The van der Waals surface area contributed by atoms with Crippen LogP contribution in [0.1, 0.15) is 23.0 Å². The minimum absolute atomic E-state index is 0.181. The number of anilines is 1. The highest BCUT2D eigenvalue weighted by atomic mass is 16.2. The number of carbonyl (C=O) groups is 1. The minimum Gasteiger partial charge on any atom is -0.319 e. The number of amides is 1. The maximum Gasteiger partial charge on any atom is 0.273 e. The molecule has 88 valence electrons. The van der Waals surface area contributed by atoms with E-state index in [4.69, 9.17) is 0 Å². The van der Waals surface area contributed by atoms with Gasteiger partial charge in [-0.25, -0.2) is 0 Å². The molecular formula is C12H14N4O. The first-order chi connectivity index (χ1) is 8.20. The molecule has 1 amide bonds. The zero-order chi connectivity index (χ0) is 12.3. The highest BCUT2D eigenvalue weighted by Crippen LogP contribution is 2.10. The van der Waals surface area contributed by atoms with Crippen molar-refractivity contribution in [2.45, 2.75) is 13.3 Å². The maximum atomic E-state index is 11.9. The smallest absolute Gasteiger partial charge is 0.273 e. The number of hydrogen-bond acceptors (Lipinski definition) is 3. The zero-order valence-electron chi connectivity index (χ0n) is 9.84. The maximum absolute atomic E-state index is 11.9. The lowest BCUT2D eigenvalue weighted by Gasteiger charge is -2.06. The molecule has 5 nitrogen and oxygen atoms in total. The SMILES string of the molecule is CCc1cncc(NC(=O)c2ccnn2C)c1. The normalized spacial score (nSPS) is 10.2. The number of nitrogens with zero attached hydrogens (tertiary/aromatic N) is 3. The molecule has 2 aromatic heterocycles. The summed E-state index contributed by atoms with van der Waals surface area (Å²) >= 11 is 0. The fraction of sp³-hybridized carbons (Fsp3) is 0.250. The number of nitrogens with one attached hydrogen (secondary N) is 1. The van der Waals surface area contributed by atoms with E-state index >= 15 is 0 Å². The number of hydrogen-bond donors (Lipinski definition) is 1. The number of pyridine rings is 1. The van der Waals surface area contributed by atoms with Crippen LogP contribution in [0.3, 0.4) is 0 Å². The van der Waals surface area contributed by atoms with E-state index in [1.165, 1.54) is 4.68 Å². The third-order valence-corrected chi connectivity index (χ3v) is 2.51. The Kier molecular flexibility index (Phi) is 3.18. The van der Waals surface area contributed by atoms with Gasteiger partial charge < -0.3 is 5.32 Å². The van der Waals surface area contributed by atoms with E-state index in [9.17, 15) is 4.79 Å². The minimum atomic E-state index is -0.181. The predicted molar refractivity (Wildman–Crippen MR) is 64.8 cm³/mol. The first-order valence-electron chi connectivity index (χ1n) is 5.44.